The van der Waals surface area contributed by atoms with E-state index < -0.39 is 71.3 Å². The van der Waals surface area contributed by atoms with E-state index in [0.717, 1.165) is 14.0 Å². The van der Waals surface area contributed by atoms with Crippen molar-refractivity contribution in [2.45, 2.75) is 74.4 Å². The summed E-state index contributed by atoms with van der Waals surface area (Å²) in [6.45, 7) is 4.96. The van der Waals surface area contributed by atoms with Gasteiger partial charge in [-0.25, -0.2) is 9.59 Å². The molecule has 174 valence electrons. The van der Waals surface area contributed by atoms with E-state index in [1.165, 1.54) is 0 Å². The van der Waals surface area contributed by atoms with Gasteiger partial charge in [0.1, 0.15) is 22.6 Å². The number of amides is 1. The minimum Gasteiger partial charge on any atom is -0.465 e. The maximum atomic E-state index is 12.2. The second-order valence-corrected chi connectivity index (χ2v) is 8.64. The summed E-state index contributed by atoms with van der Waals surface area (Å²) in [6.07, 6.45) is -7.89. The maximum Gasteiger partial charge on any atom is 0.408 e. The lowest BCUT2D eigenvalue weighted by molar-refractivity contribution is -0.291. The van der Waals surface area contributed by atoms with Gasteiger partial charge in [-0.05, 0) is 20.8 Å². The zero-order valence-corrected chi connectivity index (χ0v) is 18.8. The molecule has 30 heavy (non-hydrogen) atoms. The highest BCUT2D eigenvalue weighted by atomic mass is 79.9. The summed E-state index contributed by atoms with van der Waals surface area (Å²) in [6, 6.07) is -1.46. The van der Waals surface area contributed by atoms with E-state index in [9.17, 15) is 34.8 Å². The molecule has 5 N–H and O–H groups in total. The number of nitrogens with one attached hydrogen (secondary N) is 1. The third-order valence-electron chi connectivity index (χ3n) is 4.09. The highest BCUT2D eigenvalue weighted by Gasteiger charge is 2.60. The number of methoxy groups -OCH3 is 1. The summed E-state index contributed by atoms with van der Waals surface area (Å²) in [5.41, 5.74) is -0.898. The van der Waals surface area contributed by atoms with E-state index in [-0.39, 0.29) is 0 Å². The number of halogens is 1. The van der Waals surface area contributed by atoms with Crippen LogP contribution in [0.1, 0.15) is 27.7 Å². The summed E-state index contributed by atoms with van der Waals surface area (Å²) >= 11 is 2.95. The zero-order valence-electron chi connectivity index (χ0n) is 17.2. The number of rotatable bonds is 6. The molecule has 0 spiro atoms. The Bertz CT molecular complexity index is 640. The van der Waals surface area contributed by atoms with Crippen molar-refractivity contribution in [2.24, 2.45) is 0 Å². The van der Waals surface area contributed by atoms with Gasteiger partial charge in [0.05, 0.1) is 25.9 Å². The molecule has 0 radical (unpaired) electrons. The number of carbonyl (C=O) groups excluding carboxylic acids is 3. The Morgan fingerprint density at radius 2 is 1.87 bits per heavy atom. The van der Waals surface area contributed by atoms with Gasteiger partial charge >= 0.3 is 18.0 Å². The molecule has 1 rings (SSSR count). The van der Waals surface area contributed by atoms with Crippen LogP contribution in [0.5, 0.6) is 0 Å². The normalized spacial score (nSPS) is 31.3. The van der Waals surface area contributed by atoms with Crippen LogP contribution in [0.15, 0.2) is 0 Å². The Labute approximate surface area is 181 Å². The molecule has 0 aromatic heterocycles. The minimum atomic E-state index is -2.78. The van der Waals surface area contributed by atoms with Gasteiger partial charge in [-0.1, -0.05) is 15.9 Å². The highest BCUT2D eigenvalue weighted by molar-refractivity contribution is 9.09. The number of esters is 2. The van der Waals surface area contributed by atoms with Crippen molar-refractivity contribution in [1.29, 1.82) is 0 Å². The maximum absolute atomic E-state index is 12.2. The largest absolute Gasteiger partial charge is 0.465 e. The molecule has 7 atom stereocenters. The number of alkyl halides is 1. The van der Waals surface area contributed by atoms with Crippen LogP contribution < -0.4 is 5.32 Å². The molecule has 1 aliphatic heterocycles. The predicted octanol–water partition coefficient (Wildman–Crippen LogP) is -1.45. The van der Waals surface area contributed by atoms with Crippen LogP contribution in [0, 0.1) is 0 Å². The van der Waals surface area contributed by atoms with Crippen molar-refractivity contribution in [1.82, 2.24) is 5.32 Å². The van der Waals surface area contributed by atoms with Crippen LogP contribution in [0.3, 0.4) is 0 Å². The Morgan fingerprint density at radius 3 is 2.30 bits per heavy atom. The third-order valence-corrected chi connectivity index (χ3v) is 5.25. The Morgan fingerprint density at radius 1 is 1.30 bits per heavy atom. The van der Waals surface area contributed by atoms with Gasteiger partial charge in [-0.15, -0.1) is 0 Å². The van der Waals surface area contributed by atoms with Crippen molar-refractivity contribution >= 4 is 34.0 Å². The Balaban J connectivity index is 3.31. The summed E-state index contributed by atoms with van der Waals surface area (Å²) in [5.74, 6) is -4.92. The quantitative estimate of drug-likeness (QED) is 0.163. The SMILES string of the molecule is COC(=O)[C@@]1(O)OC([C@H](O)[C@@H](CO)OC(C)=O)[C@H](NC(=O)OC(C)(C)C)C(O)[C@@H]1Br. The number of aliphatic hydroxyl groups is 4. The molecule has 2 unspecified atom stereocenters. The van der Waals surface area contributed by atoms with Gasteiger partial charge in [0.2, 0.25) is 0 Å². The number of carbonyl (C=O) groups is 3. The number of aliphatic hydroxyl groups excluding tert-OH is 3. The van der Waals surface area contributed by atoms with E-state index >= 15 is 0 Å². The van der Waals surface area contributed by atoms with Gasteiger partial charge in [-0.3, -0.25) is 4.79 Å². The lowest BCUT2D eigenvalue weighted by atomic mass is 9.88. The summed E-state index contributed by atoms with van der Waals surface area (Å²) < 4.78 is 19.8. The molecule has 12 nitrogen and oxygen atoms in total. The number of alkyl carbamates (subject to hydrolysis) is 1. The monoisotopic (exact) mass is 501 g/mol. The zero-order chi connectivity index (χ0) is 23.4. The average Bonchev–Trinajstić information content (AvgIpc) is 2.63. The molecule has 0 aliphatic carbocycles. The lowest BCUT2D eigenvalue weighted by Gasteiger charge is -2.47. The van der Waals surface area contributed by atoms with Crippen molar-refractivity contribution < 1.29 is 53.8 Å². The van der Waals surface area contributed by atoms with Gasteiger partial charge in [0.15, 0.2) is 6.10 Å². The van der Waals surface area contributed by atoms with Crippen LogP contribution in [0.4, 0.5) is 4.79 Å². The van der Waals surface area contributed by atoms with Crippen molar-refractivity contribution in [3.05, 3.63) is 0 Å². The van der Waals surface area contributed by atoms with E-state index in [2.05, 4.69) is 26.0 Å². The second kappa shape index (κ2) is 10.2. The van der Waals surface area contributed by atoms with Gasteiger partial charge < -0.3 is 44.7 Å². The first kappa shape index (κ1) is 26.5. The molecule has 1 saturated heterocycles. The topological polar surface area (TPSA) is 181 Å². The summed E-state index contributed by atoms with van der Waals surface area (Å²) in [4.78, 5) is 34.1. The average molecular weight is 502 g/mol. The molecule has 1 amide bonds. The molecule has 0 saturated carbocycles. The second-order valence-electron chi connectivity index (χ2n) is 7.66. The van der Waals surface area contributed by atoms with Crippen LogP contribution >= 0.6 is 15.9 Å². The first-order valence-electron chi connectivity index (χ1n) is 8.94. The van der Waals surface area contributed by atoms with Gasteiger partial charge in [0.25, 0.3) is 5.79 Å². The highest BCUT2D eigenvalue weighted by Crippen LogP contribution is 2.36. The fraction of sp³-hybridized carbons (Fsp3) is 0.824. The predicted molar refractivity (Wildman–Crippen MR) is 102 cm³/mol. The van der Waals surface area contributed by atoms with Crippen LogP contribution in [-0.2, 0) is 28.5 Å². The van der Waals surface area contributed by atoms with E-state index in [1.807, 2.05) is 0 Å². The molecule has 1 heterocycles. The fourth-order valence-electron chi connectivity index (χ4n) is 2.79. The van der Waals surface area contributed by atoms with Crippen molar-refractivity contribution in [3.63, 3.8) is 0 Å². The first-order valence-corrected chi connectivity index (χ1v) is 9.86. The van der Waals surface area contributed by atoms with E-state index in [4.69, 9.17) is 14.2 Å². The standard InChI is InChI=1S/C17H28BrNO11/c1-7(21)28-8(6-20)10(22)12-9(19-15(25)30-16(2,3)4)11(23)13(18)17(26,29-12)14(24)27-5/h8-13,20,22-23,26H,6H2,1-5H3,(H,19,25)/t8-,9-,10-,11?,12?,13+,17+/m1/s1. The van der Waals surface area contributed by atoms with Crippen LogP contribution in [0.2, 0.25) is 0 Å². The molecule has 0 aromatic rings. The summed E-state index contributed by atoms with van der Waals surface area (Å²) in [7, 11) is 0.960. The molecule has 0 bridgehead atoms. The van der Waals surface area contributed by atoms with Gasteiger partial charge in [0, 0.05) is 6.92 Å². The fourth-order valence-corrected chi connectivity index (χ4v) is 3.42. The molecule has 13 heteroatoms. The summed E-state index contributed by atoms with van der Waals surface area (Å²) in [5, 5.41) is 43.7. The number of ether oxygens (including phenoxy) is 4. The van der Waals surface area contributed by atoms with Crippen molar-refractivity contribution in [3.8, 4) is 0 Å². The van der Waals surface area contributed by atoms with E-state index in [1.54, 1.807) is 20.8 Å². The van der Waals surface area contributed by atoms with Crippen molar-refractivity contribution in [2.75, 3.05) is 13.7 Å². The van der Waals surface area contributed by atoms with Crippen LogP contribution in [0.25, 0.3) is 0 Å². The number of hydrogen-bond acceptors (Lipinski definition) is 11. The molecule has 0 aromatic carbocycles. The van der Waals surface area contributed by atoms with Crippen LogP contribution in [-0.4, -0.2) is 98.8 Å². The number of hydrogen-bond donors (Lipinski definition) is 5. The Kier molecular flexibility index (Phi) is 9.02. The molecular weight excluding hydrogens is 474 g/mol. The smallest absolute Gasteiger partial charge is 0.408 e. The molecule has 1 aliphatic rings. The third kappa shape index (κ3) is 6.25. The lowest BCUT2D eigenvalue weighted by Crippen LogP contribution is -2.72. The molecular formula is C17H28BrNO11. The van der Waals surface area contributed by atoms with Gasteiger partial charge in [-0.2, -0.15) is 0 Å². The molecule has 1 fully saturated rings. The van der Waals surface area contributed by atoms with E-state index in [0.29, 0.717) is 0 Å². The first-order chi connectivity index (χ1) is 13.7. The minimum absolute atomic E-state index is 0.845. The Hall–Kier alpha value is -1.51.